The molecule has 104 valence electrons. The Kier molecular flexibility index (Phi) is 4.30. The maximum atomic E-state index is 13.4. The van der Waals surface area contributed by atoms with Gasteiger partial charge >= 0.3 is 0 Å². The lowest BCUT2D eigenvalue weighted by molar-refractivity contribution is 0.414. The highest BCUT2D eigenvalue weighted by Crippen LogP contribution is 2.16. The molecule has 2 rings (SSSR count). The SMILES string of the molecule is COc1cccc(/C(C)=N/Nc2ccc(F)cc2F)c1. The molecule has 0 amide bonds. The van der Waals surface area contributed by atoms with Gasteiger partial charge in [0, 0.05) is 11.6 Å². The normalized spacial score (nSPS) is 11.3. The third-order valence-electron chi connectivity index (χ3n) is 2.76. The van der Waals surface area contributed by atoms with Crippen molar-refractivity contribution in [1.29, 1.82) is 0 Å². The third-order valence-corrected chi connectivity index (χ3v) is 2.76. The fourth-order valence-electron chi connectivity index (χ4n) is 1.64. The monoisotopic (exact) mass is 276 g/mol. The zero-order chi connectivity index (χ0) is 14.5. The van der Waals surface area contributed by atoms with Crippen molar-refractivity contribution in [2.45, 2.75) is 6.92 Å². The number of ether oxygens (including phenoxy) is 1. The van der Waals surface area contributed by atoms with Crippen LogP contribution >= 0.6 is 0 Å². The van der Waals surface area contributed by atoms with E-state index in [0.717, 1.165) is 11.6 Å². The van der Waals surface area contributed by atoms with Crippen molar-refractivity contribution in [3.8, 4) is 5.75 Å². The van der Waals surface area contributed by atoms with E-state index in [9.17, 15) is 8.78 Å². The van der Waals surface area contributed by atoms with E-state index in [-0.39, 0.29) is 5.69 Å². The van der Waals surface area contributed by atoms with Gasteiger partial charge in [-0.05, 0) is 31.2 Å². The van der Waals surface area contributed by atoms with Crippen molar-refractivity contribution < 1.29 is 13.5 Å². The quantitative estimate of drug-likeness (QED) is 0.680. The van der Waals surface area contributed by atoms with E-state index in [4.69, 9.17) is 4.74 Å². The lowest BCUT2D eigenvalue weighted by atomic mass is 10.1. The number of anilines is 1. The summed E-state index contributed by atoms with van der Waals surface area (Å²) >= 11 is 0. The number of nitrogens with one attached hydrogen (secondary N) is 1. The van der Waals surface area contributed by atoms with Crippen LogP contribution in [0, 0.1) is 11.6 Å². The predicted octanol–water partition coefficient (Wildman–Crippen LogP) is 3.81. The summed E-state index contributed by atoms with van der Waals surface area (Å²) in [4.78, 5) is 0. The van der Waals surface area contributed by atoms with E-state index in [1.807, 2.05) is 24.3 Å². The minimum atomic E-state index is -0.688. The van der Waals surface area contributed by atoms with Crippen molar-refractivity contribution in [3.63, 3.8) is 0 Å². The average Bonchev–Trinajstić information content (AvgIpc) is 2.46. The molecule has 0 saturated carbocycles. The summed E-state index contributed by atoms with van der Waals surface area (Å²) < 4.78 is 31.3. The van der Waals surface area contributed by atoms with Gasteiger partial charge in [-0.1, -0.05) is 12.1 Å². The van der Waals surface area contributed by atoms with Gasteiger partial charge in [-0.2, -0.15) is 5.10 Å². The van der Waals surface area contributed by atoms with E-state index >= 15 is 0 Å². The van der Waals surface area contributed by atoms with Crippen molar-refractivity contribution in [2.75, 3.05) is 12.5 Å². The van der Waals surface area contributed by atoms with Gasteiger partial charge in [-0.15, -0.1) is 0 Å². The Morgan fingerprint density at radius 1 is 1.15 bits per heavy atom. The number of benzene rings is 2. The average molecular weight is 276 g/mol. The second kappa shape index (κ2) is 6.14. The van der Waals surface area contributed by atoms with Crippen LogP contribution in [0.15, 0.2) is 47.6 Å². The van der Waals surface area contributed by atoms with Gasteiger partial charge in [0.1, 0.15) is 11.6 Å². The van der Waals surface area contributed by atoms with Crippen LogP contribution in [0.5, 0.6) is 5.75 Å². The smallest absolute Gasteiger partial charge is 0.151 e. The van der Waals surface area contributed by atoms with Crippen LogP contribution in [-0.4, -0.2) is 12.8 Å². The first kappa shape index (κ1) is 14.0. The highest BCUT2D eigenvalue weighted by atomic mass is 19.1. The Labute approximate surface area is 115 Å². The van der Waals surface area contributed by atoms with Crippen LogP contribution in [0.2, 0.25) is 0 Å². The molecule has 0 aromatic heterocycles. The molecule has 2 aromatic carbocycles. The summed E-state index contributed by atoms with van der Waals surface area (Å²) in [5.74, 6) is -0.598. The number of rotatable bonds is 4. The van der Waals surface area contributed by atoms with Crippen molar-refractivity contribution >= 4 is 11.4 Å². The lowest BCUT2D eigenvalue weighted by Gasteiger charge is -2.06. The Balaban J connectivity index is 2.17. The van der Waals surface area contributed by atoms with Gasteiger partial charge in [0.15, 0.2) is 5.82 Å². The number of methoxy groups -OCH3 is 1. The number of hydrogen-bond donors (Lipinski definition) is 1. The van der Waals surface area contributed by atoms with Crippen molar-refractivity contribution in [2.24, 2.45) is 5.10 Å². The first-order valence-corrected chi connectivity index (χ1v) is 6.00. The maximum Gasteiger partial charge on any atom is 0.151 e. The summed E-state index contributed by atoms with van der Waals surface area (Å²) in [5.41, 5.74) is 4.21. The topological polar surface area (TPSA) is 33.6 Å². The lowest BCUT2D eigenvalue weighted by Crippen LogP contribution is -2.01. The number of hydrogen-bond acceptors (Lipinski definition) is 3. The summed E-state index contributed by atoms with van der Waals surface area (Å²) in [6, 6.07) is 10.6. The Bertz CT molecular complexity index is 642. The van der Waals surface area contributed by atoms with Gasteiger partial charge in [-0.3, -0.25) is 5.43 Å². The molecule has 0 spiro atoms. The fraction of sp³-hybridized carbons (Fsp3) is 0.133. The van der Waals surface area contributed by atoms with E-state index in [0.29, 0.717) is 11.5 Å². The molecule has 0 bridgehead atoms. The summed E-state index contributed by atoms with van der Waals surface area (Å²) in [7, 11) is 1.58. The van der Waals surface area contributed by atoms with Crippen LogP contribution in [0.25, 0.3) is 0 Å². The van der Waals surface area contributed by atoms with E-state index in [1.165, 1.54) is 12.1 Å². The molecular weight excluding hydrogens is 262 g/mol. The van der Waals surface area contributed by atoms with Crippen LogP contribution in [0.4, 0.5) is 14.5 Å². The van der Waals surface area contributed by atoms with Crippen LogP contribution in [0.1, 0.15) is 12.5 Å². The molecule has 0 heterocycles. The minimum absolute atomic E-state index is 0.119. The third kappa shape index (κ3) is 3.32. The van der Waals surface area contributed by atoms with Crippen molar-refractivity contribution in [3.05, 3.63) is 59.7 Å². The first-order valence-electron chi connectivity index (χ1n) is 6.00. The molecule has 5 heteroatoms. The highest BCUT2D eigenvalue weighted by molar-refractivity contribution is 5.99. The largest absolute Gasteiger partial charge is 0.497 e. The minimum Gasteiger partial charge on any atom is -0.497 e. The molecule has 3 nitrogen and oxygen atoms in total. The van der Waals surface area contributed by atoms with Crippen LogP contribution in [0.3, 0.4) is 0 Å². The number of halogens is 2. The Morgan fingerprint density at radius 3 is 2.65 bits per heavy atom. The molecular formula is C15H14F2N2O. The maximum absolute atomic E-state index is 13.4. The number of hydrazone groups is 1. The molecule has 1 N–H and O–H groups in total. The van der Waals surface area contributed by atoms with Gasteiger partial charge in [0.25, 0.3) is 0 Å². The molecule has 0 aliphatic heterocycles. The molecule has 20 heavy (non-hydrogen) atoms. The van der Waals surface area contributed by atoms with E-state index < -0.39 is 11.6 Å². The second-order valence-electron chi connectivity index (χ2n) is 4.17. The zero-order valence-electron chi connectivity index (χ0n) is 11.2. The molecule has 0 fully saturated rings. The summed E-state index contributed by atoms with van der Waals surface area (Å²) in [6.07, 6.45) is 0. The van der Waals surface area contributed by atoms with Gasteiger partial charge in [-0.25, -0.2) is 8.78 Å². The summed E-state index contributed by atoms with van der Waals surface area (Å²) in [5, 5.41) is 4.08. The molecule has 0 aliphatic rings. The molecule has 2 aromatic rings. The van der Waals surface area contributed by atoms with Crippen LogP contribution in [-0.2, 0) is 0 Å². The standard InChI is InChI=1S/C15H14F2N2O/c1-10(11-4-3-5-13(8-11)20-2)18-19-15-7-6-12(16)9-14(15)17/h3-9,19H,1-2H3/b18-10+. The zero-order valence-corrected chi connectivity index (χ0v) is 11.2. The second-order valence-corrected chi connectivity index (χ2v) is 4.17. The molecule has 0 unspecified atom stereocenters. The van der Waals surface area contributed by atoms with E-state index in [2.05, 4.69) is 10.5 Å². The van der Waals surface area contributed by atoms with Crippen LogP contribution < -0.4 is 10.2 Å². The van der Waals surface area contributed by atoms with E-state index in [1.54, 1.807) is 14.0 Å². The molecule has 0 saturated heterocycles. The van der Waals surface area contributed by atoms with Gasteiger partial charge in [0.05, 0.1) is 18.5 Å². The fourth-order valence-corrected chi connectivity index (χ4v) is 1.64. The molecule has 0 aliphatic carbocycles. The summed E-state index contributed by atoms with van der Waals surface area (Å²) in [6.45, 7) is 1.78. The van der Waals surface area contributed by atoms with Gasteiger partial charge in [0.2, 0.25) is 0 Å². The number of nitrogens with zero attached hydrogens (tertiary/aromatic N) is 1. The highest BCUT2D eigenvalue weighted by Gasteiger charge is 2.03. The predicted molar refractivity (Wildman–Crippen MR) is 75.2 cm³/mol. The first-order chi connectivity index (χ1) is 9.60. The Hall–Kier alpha value is -2.43. The van der Waals surface area contributed by atoms with Gasteiger partial charge < -0.3 is 4.74 Å². The van der Waals surface area contributed by atoms with Crippen molar-refractivity contribution in [1.82, 2.24) is 0 Å². The Morgan fingerprint density at radius 2 is 1.95 bits per heavy atom. The molecule has 0 atom stereocenters. The molecule has 0 radical (unpaired) electrons.